The molecule has 152 valence electrons. The first kappa shape index (κ1) is 20.9. The normalized spacial score (nSPS) is 11.7. The summed E-state index contributed by atoms with van der Waals surface area (Å²) in [6.45, 7) is 0. The van der Waals surface area contributed by atoms with Crippen LogP contribution in [0.25, 0.3) is 6.08 Å². The predicted octanol–water partition coefficient (Wildman–Crippen LogP) is 4.40. The number of carbonyl (C=O) groups is 2. The summed E-state index contributed by atoms with van der Waals surface area (Å²) in [4.78, 5) is 24.1. The van der Waals surface area contributed by atoms with E-state index in [0.717, 1.165) is 22.4 Å². The molecule has 0 spiro atoms. The van der Waals surface area contributed by atoms with Crippen LogP contribution in [0.3, 0.4) is 0 Å². The topological polar surface area (TPSA) is 64.6 Å². The van der Waals surface area contributed by atoms with Crippen molar-refractivity contribution in [2.24, 2.45) is 0 Å². The largest absolute Gasteiger partial charge is 0.497 e. The highest BCUT2D eigenvalue weighted by molar-refractivity contribution is 5.93. The highest BCUT2D eigenvalue weighted by Gasteiger charge is 2.15. The zero-order chi connectivity index (χ0) is 21.3. The number of esters is 1. The highest BCUT2D eigenvalue weighted by atomic mass is 16.5. The van der Waals surface area contributed by atoms with Gasteiger partial charge in [0.1, 0.15) is 5.75 Å². The summed E-state index contributed by atoms with van der Waals surface area (Å²) in [5, 5.41) is 3.06. The molecule has 30 heavy (non-hydrogen) atoms. The molecule has 1 N–H and O–H groups in total. The first-order chi connectivity index (χ1) is 14.6. The molecule has 0 aliphatic rings. The van der Waals surface area contributed by atoms with E-state index in [1.807, 2.05) is 54.6 Å². The summed E-state index contributed by atoms with van der Waals surface area (Å²) in [7, 11) is 2.96. The molecule has 3 aromatic rings. The van der Waals surface area contributed by atoms with Gasteiger partial charge in [0.2, 0.25) is 5.91 Å². The van der Waals surface area contributed by atoms with E-state index in [0.29, 0.717) is 5.56 Å². The number of hydrogen-bond donors (Lipinski definition) is 1. The van der Waals surface area contributed by atoms with E-state index in [9.17, 15) is 9.59 Å². The van der Waals surface area contributed by atoms with Crippen molar-refractivity contribution < 1.29 is 19.1 Å². The molecular formula is C25H23NO4. The number of ether oxygens (including phenoxy) is 2. The van der Waals surface area contributed by atoms with Gasteiger partial charge in [0.05, 0.1) is 25.8 Å². The molecule has 0 aliphatic carbocycles. The number of benzene rings is 3. The Morgan fingerprint density at radius 2 is 1.47 bits per heavy atom. The highest BCUT2D eigenvalue weighted by Crippen LogP contribution is 2.24. The Morgan fingerprint density at radius 3 is 2.07 bits per heavy atom. The Balaban J connectivity index is 1.76. The molecule has 0 fully saturated rings. The summed E-state index contributed by atoms with van der Waals surface area (Å²) in [5.74, 6) is 0.136. The quantitative estimate of drug-likeness (QED) is 0.471. The van der Waals surface area contributed by atoms with Gasteiger partial charge in [-0.1, -0.05) is 54.6 Å². The van der Waals surface area contributed by atoms with Crippen molar-refractivity contribution in [2.45, 2.75) is 6.04 Å². The molecule has 0 bridgehead atoms. The molecule has 0 aromatic heterocycles. The smallest absolute Gasteiger partial charge is 0.337 e. The van der Waals surface area contributed by atoms with E-state index in [-0.39, 0.29) is 11.9 Å². The molecule has 0 saturated heterocycles. The van der Waals surface area contributed by atoms with Gasteiger partial charge in [-0.05, 0) is 47.0 Å². The molecule has 5 heteroatoms. The van der Waals surface area contributed by atoms with E-state index in [2.05, 4.69) is 10.1 Å². The molecule has 3 aromatic carbocycles. The van der Waals surface area contributed by atoms with E-state index in [1.165, 1.54) is 13.2 Å². The minimum atomic E-state index is -0.395. The molecule has 1 amide bonds. The number of methoxy groups -OCH3 is 2. The Labute approximate surface area is 176 Å². The number of amides is 1. The van der Waals surface area contributed by atoms with Crippen LogP contribution in [0.1, 0.15) is 33.1 Å². The average Bonchev–Trinajstić information content (AvgIpc) is 2.81. The summed E-state index contributed by atoms with van der Waals surface area (Å²) >= 11 is 0. The van der Waals surface area contributed by atoms with Crippen molar-refractivity contribution in [3.05, 3.63) is 107 Å². The van der Waals surface area contributed by atoms with Crippen molar-refractivity contribution in [2.75, 3.05) is 14.2 Å². The van der Waals surface area contributed by atoms with Crippen LogP contribution in [0.4, 0.5) is 0 Å². The molecule has 0 unspecified atom stereocenters. The third kappa shape index (κ3) is 5.35. The van der Waals surface area contributed by atoms with Crippen LogP contribution in [-0.4, -0.2) is 26.1 Å². The van der Waals surface area contributed by atoms with Crippen molar-refractivity contribution in [1.82, 2.24) is 5.32 Å². The summed E-state index contributed by atoms with van der Waals surface area (Å²) in [5.41, 5.74) is 3.19. The second kappa shape index (κ2) is 10.1. The SMILES string of the molecule is COC(=O)c1ccc(/C=C/C(=O)N[C@@H](c2ccccc2)c2ccc(OC)cc2)cc1. The molecule has 1 atom stereocenters. The van der Waals surface area contributed by atoms with Crippen molar-refractivity contribution in [1.29, 1.82) is 0 Å². The van der Waals surface area contributed by atoms with E-state index < -0.39 is 5.97 Å². The van der Waals surface area contributed by atoms with Crippen molar-refractivity contribution >= 4 is 18.0 Å². The van der Waals surface area contributed by atoms with Crippen LogP contribution in [0.15, 0.2) is 84.9 Å². The van der Waals surface area contributed by atoms with Gasteiger partial charge in [-0.2, -0.15) is 0 Å². The van der Waals surface area contributed by atoms with Gasteiger partial charge < -0.3 is 14.8 Å². The van der Waals surface area contributed by atoms with Gasteiger partial charge in [0.15, 0.2) is 0 Å². The van der Waals surface area contributed by atoms with Gasteiger partial charge in [0, 0.05) is 6.08 Å². The zero-order valence-corrected chi connectivity index (χ0v) is 16.9. The van der Waals surface area contributed by atoms with Gasteiger partial charge in [-0.15, -0.1) is 0 Å². The second-order valence-corrected chi connectivity index (χ2v) is 6.57. The zero-order valence-electron chi connectivity index (χ0n) is 16.9. The summed E-state index contributed by atoms with van der Waals surface area (Å²) in [6.07, 6.45) is 3.18. The lowest BCUT2D eigenvalue weighted by Crippen LogP contribution is -2.27. The third-order valence-corrected chi connectivity index (χ3v) is 4.63. The van der Waals surface area contributed by atoms with Gasteiger partial charge in [-0.25, -0.2) is 4.79 Å². The second-order valence-electron chi connectivity index (χ2n) is 6.57. The molecule has 3 rings (SSSR count). The monoisotopic (exact) mass is 401 g/mol. The van der Waals surface area contributed by atoms with Crippen molar-refractivity contribution in [3.8, 4) is 5.75 Å². The number of rotatable bonds is 7. The number of nitrogens with one attached hydrogen (secondary N) is 1. The Bertz CT molecular complexity index is 1010. The van der Waals surface area contributed by atoms with E-state index in [1.54, 1.807) is 37.5 Å². The lowest BCUT2D eigenvalue weighted by atomic mass is 9.98. The summed E-state index contributed by atoms with van der Waals surface area (Å²) in [6, 6.07) is 23.9. The van der Waals surface area contributed by atoms with E-state index in [4.69, 9.17) is 4.74 Å². The predicted molar refractivity (Wildman–Crippen MR) is 116 cm³/mol. The maximum Gasteiger partial charge on any atom is 0.337 e. The third-order valence-electron chi connectivity index (χ3n) is 4.63. The molecule has 0 heterocycles. The lowest BCUT2D eigenvalue weighted by molar-refractivity contribution is -0.116. The van der Waals surface area contributed by atoms with Crippen LogP contribution < -0.4 is 10.1 Å². The van der Waals surface area contributed by atoms with Crippen LogP contribution in [0.5, 0.6) is 5.75 Å². The van der Waals surface area contributed by atoms with Gasteiger partial charge in [-0.3, -0.25) is 4.79 Å². The minimum absolute atomic E-state index is 0.225. The van der Waals surface area contributed by atoms with Crippen LogP contribution >= 0.6 is 0 Å². The average molecular weight is 401 g/mol. The number of hydrogen-bond acceptors (Lipinski definition) is 4. The van der Waals surface area contributed by atoms with Crippen LogP contribution in [0, 0.1) is 0 Å². The minimum Gasteiger partial charge on any atom is -0.497 e. The maximum atomic E-state index is 12.6. The Morgan fingerprint density at radius 1 is 0.833 bits per heavy atom. The summed E-state index contributed by atoms with van der Waals surface area (Å²) < 4.78 is 9.91. The first-order valence-electron chi connectivity index (χ1n) is 9.46. The standard InChI is InChI=1S/C25H23NO4/c1-29-22-15-13-20(14-16-22)24(19-6-4-3-5-7-19)26-23(27)17-10-18-8-11-21(12-9-18)25(28)30-2/h3-17,24H,1-2H3,(H,26,27)/b17-10+/t24-/m0/s1. The van der Waals surface area contributed by atoms with Gasteiger partial charge in [0.25, 0.3) is 0 Å². The maximum absolute atomic E-state index is 12.6. The van der Waals surface area contributed by atoms with Gasteiger partial charge >= 0.3 is 5.97 Å². The molecule has 5 nitrogen and oxygen atoms in total. The first-order valence-corrected chi connectivity index (χ1v) is 9.46. The number of carbonyl (C=O) groups excluding carboxylic acids is 2. The molecule has 0 aliphatic heterocycles. The Kier molecular flexibility index (Phi) is 7.00. The fraction of sp³-hybridized carbons (Fsp3) is 0.120. The molecular weight excluding hydrogens is 378 g/mol. The lowest BCUT2D eigenvalue weighted by Gasteiger charge is -2.19. The Hall–Kier alpha value is -3.86. The van der Waals surface area contributed by atoms with Crippen LogP contribution in [-0.2, 0) is 9.53 Å². The molecule has 0 saturated carbocycles. The van der Waals surface area contributed by atoms with E-state index >= 15 is 0 Å². The van der Waals surface area contributed by atoms with Crippen molar-refractivity contribution in [3.63, 3.8) is 0 Å². The fourth-order valence-electron chi connectivity index (χ4n) is 3.01. The van der Waals surface area contributed by atoms with Crippen LogP contribution in [0.2, 0.25) is 0 Å². The fourth-order valence-corrected chi connectivity index (χ4v) is 3.01. The molecule has 0 radical (unpaired) electrons.